The molecule has 0 aliphatic carbocycles. The molecular weight excluding hydrogens is 350 g/mol. The highest BCUT2D eigenvalue weighted by Gasteiger charge is 2.25. The maximum Gasteiger partial charge on any atom is 0.339 e. The van der Waals surface area contributed by atoms with Crippen molar-refractivity contribution in [2.45, 2.75) is 47.1 Å². The largest absolute Gasteiger partial charge is 0.483 e. The number of benzene rings is 1. The second kappa shape index (κ2) is 8.24. The van der Waals surface area contributed by atoms with Gasteiger partial charge in [0, 0.05) is 16.5 Å². The number of amides is 1. The van der Waals surface area contributed by atoms with Crippen molar-refractivity contribution in [3.05, 3.63) is 39.2 Å². The third-order valence-corrected chi connectivity index (χ3v) is 4.98. The number of aryl methyl sites for hydroxylation is 2. The number of nitrogens with one attached hydrogen (secondary N) is 1. The van der Waals surface area contributed by atoms with E-state index in [9.17, 15) is 19.5 Å². The molecule has 2 unspecified atom stereocenters. The van der Waals surface area contributed by atoms with Crippen LogP contribution >= 0.6 is 0 Å². The van der Waals surface area contributed by atoms with E-state index in [0.29, 0.717) is 28.9 Å². The highest BCUT2D eigenvalue weighted by molar-refractivity contribution is 5.86. The Morgan fingerprint density at radius 1 is 1.19 bits per heavy atom. The second-order valence-electron chi connectivity index (χ2n) is 6.76. The Morgan fingerprint density at radius 3 is 2.44 bits per heavy atom. The first-order valence-corrected chi connectivity index (χ1v) is 8.85. The van der Waals surface area contributed by atoms with E-state index in [1.165, 1.54) is 0 Å². The van der Waals surface area contributed by atoms with Crippen molar-refractivity contribution in [1.29, 1.82) is 0 Å². The highest BCUT2D eigenvalue weighted by atomic mass is 16.5. The van der Waals surface area contributed by atoms with Crippen LogP contribution in [-0.4, -0.2) is 29.6 Å². The van der Waals surface area contributed by atoms with Gasteiger partial charge in [0.2, 0.25) is 0 Å². The first-order valence-electron chi connectivity index (χ1n) is 8.85. The molecule has 1 heterocycles. The van der Waals surface area contributed by atoms with E-state index in [4.69, 9.17) is 9.15 Å². The lowest BCUT2D eigenvalue weighted by atomic mass is 9.99. The molecule has 1 aromatic heterocycles. The Balaban J connectivity index is 2.18. The highest BCUT2D eigenvalue weighted by Crippen LogP contribution is 2.29. The van der Waals surface area contributed by atoms with Gasteiger partial charge in [-0.05, 0) is 44.4 Å². The Kier molecular flexibility index (Phi) is 6.25. The fourth-order valence-electron chi connectivity index (χ4n) is 2.82. The molecule has 2 atom stereocenters. The number of hydrogen-bond donors (Lipinski definition) is 2. The molecule has 7 nitrogen and oxygen atoms in total. The lowest BCUT2D eigenvalue weighted by Crippen LogP contribution is -2.46. The molecule has 1 amide bonds. The molecule has 27 heavy (non-hydrogen) atoms. The molecular formula is C20H25NO6. The standard InChI is InChI=1S/C20H25NO6/c1-6-10(2)17(19(23)24)21-16(22)9-26-15-8-7-14-11(3)12(4)20(25)27-18(14)13(15)5/h7-8,10,17H,6,9H2,1-5H3,(H,21,22)(H,23,24). The summed E-state index contributed by atoms with van der Waals surface area (Å²) in [7, 11) is 0. The van der Waals surface area contributed by atoms with Gasteiger partial charge >= 0.3 is 11.6 Å². The van der Waals surface area contributed by atoms with E-state index in [0.717, 1.165) is 10.9 Å². The van der Waals surface area contributed by atoms with Crippen LogP contribution in [-0.2, 0) is 9.59 Å². The van der Waals surface area contributed by atoms with Crippen molar-refractivity contribution >= 4 is 22.8 Å². The Hall–Kier alpha value is -2.83. The normalized spacial score (nSPS) is 13.2. The van der Waals surface area contributed by atoms with Gasteiger partial charge in [-0.1, -0.05) is 20.3 Å². The predicted octanol–water partition coefficient (Wildman–Crippen LogP) is 2.71. The molecule has 2 rings (SSSR count). The maximum atomic E-state index is 12.1. The molecule has 0 spiro atoms. The molecule has 146 valence electrons. The lowest BCUT2D eigenvalue weighted by Gasteiger charge is -2.20. The number of hydrogen-bond acceptors (Lipinski definition) is 5. The quantitative estimate of drug-likeness (QED) is 0.721. The van der Waals surface area contributed by atoms with Crippen LogP contribution in [0, 0.1) is 26.7 Å². The molecule has 0 aliphatic heterocycles. The number of carbonyl (C=O) groups is 2. The molecule has 0 saturated heterocycles. The fraction of sp³-hybridized carbons (Fsp3) is 0.450. The van der Waals surface area contributed by atoms with Gasteiger partial charge in [-0.25, -0.2) is 9.59 Å². The van der Waals surface area contributed by atoms with Crippen molar-refractivity contribution in [3.8, 4) is 5.75 Å². The minimum atomic E-state index is -1.08. The summed E-state index contributed by atoms with van der Waals surface area (Å²) in [6.07, 6.45) is 0.625. The summed E-state index contributed by atoms with van der Waals surface area (Å²) in [6.45, 7) is 8.59. The fourth-order valence-corrected chi connectivity index (χ4v) is 2.82. The van der Waals surface area contributed by atoms with Crippen LogP contribution in [0.1, 0.15) is 37.0 Å². The summed E-state index contributed by atoms with van der Waals surface area (Å²) in [5, 5.41) is 12.5. The summed E-state index contributed by atoms with van der Waals surface area (Å²) in [6, 6.07) is 2.52. The van der Waals surface area contributed by atoms with Crippen molar-refractivity contribution in [2.75, 3.05) is 6.61 Å². The van der Waals surface area contributed by atoms with Crippen LogP contribution in [0.25, 0.3) is 11.0 Å². The number of ether oxygens (including phenoxy) is 1. The molecule has 1 aromatic carbocycles. The Morgan fingerprint density at radius 2 is 1.85 bits per heavy atom. The molecule has 0 saturated carbocycles. The number of fused-ring (bicyclic) bond motifs is 1. The van der Waals surface area contributed by atoms with Gasteiger partial charge in [0.1, 0.15) is 17.4 Å². The first kappa shape index (κ1) is 20.5. The van der Waals surface area contributed by atoms with Crippen LogP contribution in [0.4, 0.5) is 0 Å². The van der Waals surface area contributed by atoms with Gasteiger partial charge in [0.05, 0.1) is 0 Å². The van der Waals surface area contributed by atoms with Gasteiger partial charge in [0.25, 0.3) is 5.91 Å². The summed E-state index contributed by atoms with van der Waals surface area (Å²) in [5.41, 5.74) is 2.02. The second-order valence-corrected chi connectivity index (χ2v) is 6.76. The van der Waals surface area contributed by atoms with E-state index in [2.05, 4.69) is 5.32 Å². The minimum absolute atomic E-state index is 0.200. The average molecular weight is 375 g/mol. The van der Waals surface area contributed by atoms with Crippen molar-refractivity contribution in [3.63, 3.8) is 0 Å². The van der Waals surface area contributed by atoms with Crippen molar-refractivity contribution in [1.82, 2.24) is 5.32 Å². The molecule has 0 radical (unpaired) electrons. The van der Waals surface area contributed by atoms with Crippen molar-refractivity contribution in [2.24, 2.45) is 5.92 Å². The lowest BCUT2D eigenvalue weighted by molar-refractivity contribution is -0.143. The van der Waals surface area contributed by atoms with Gasteiger partial charge in [0.15, 0.2) is 6.61 Å². The van der Waals surface area contributed by atoms with E-state index in [1.54, 1.807) is 32.9 Å². The van der Waals surface area contributed by atoms with Gasteiger partial charge in [-0.3, -0.25) is 4.79 Å². The molecule has 2 N–H and O–H groups in total. The minimum Gasteiger partial charge on any atom is -0.483 e. The maximum absolute atomic E-state index is 12.1. The smallest absolute Gasteiger partial charge is 0.339 e. The number of carboxylic acids is 1. The van der Waals surface area contributed by atoms with E-state index < -0.39 is 23.5 Å². The molecule has 0 aliphatic rings. The van der Waals surface area contributed by atoms with Crippen LogP contribution < -0.4 is 15.7 Å². The number of carboxylic acid groups (broad SMARTS) is 1. The third kappa shape index (κ3) is 4.30. The average Bonchev–Trinajstić information content (AvgIpc) is 2.63. The number of aliphatic carboxylic acids is 1. The predicted molar refractivity (Wildman–Crippen MR) is 101 cm³/mol. The van der Waals surface area contributed by atoms with Gasteiger partial charge in [-0.2, -0.15) is 0 Å². The summed E-state index contributed by atoms with van der Waals surface area (Å²) in [4.78, 5) is 35.3. The molecule has 0 bridgehead atoms. The molecule has 7 heteroatoms. The number of rotatable bonds is 7. The zero-order valence-electron chi connectivity index (χ0n) is 16.2. The summed E-state index contributed by atoms with van der Waals surface area (Å²) < 4.78 is 10.9. The summed E-state index contributed by atoms with van der Waals surface area (Å²) >= 11 is 0. The first-order chi connectivity index (χ1) is 12.7. The van der Waals surface area contributed by atoms with E-state index in [1.807, 2.05) is 13.8 Å². The Labute approximate surface area is 157 Å². The molecule has 2 aromatic rings. The van der Waals surface area contributed by atoms with Crippen LogP contribution in [0.2, 0.25) is 0 Å². The van der Waals surface area contributed by atoms with Crippen LogP contribution in [0.15, 0.2) is 21.3 Å². The third-order valence-electron chi connectivity index (χ3n) is 4.98. The Bertz CT molecular complexity index is 930. The zero-order chi connectivity index (χ0) is 20.3. The zero-order valence-corrected chi connectivity index (χ0v) is 16.2. The van der Waals surface area contributed by atoms with Crippen LogP contribution in [0.5, 0.6) is 5.75 Å². The number of carbonyl (C=O) groups excluding carboxylic acids is 1. The van der Waals surface area contributed by atoms with Crippen molar-refractivity contribution < 1.29 is 23.8 Å². The topological polar surface area (TPSA) is 106 Å². The van der Waals surface area contributed by atoms with E-state index >= 15 is 0 Å². The van der Waals surface area contributed by atoms with Gasteiger partial charge < -0.3 is 19.6 Å². The monoisotopic (exact) mass is 375 g/mol. The van der Waals surface area contributed by atoms with Crippen LogP contribution in [0.3, 0.4) is 0 Å². The van der Waals surface area contributed by atoms with Gasteiger partial charge in [-0.15, -0.1) is 0 Å². The van der Waals surface area contributed by atoms with E-state index in [-0.39, 0.29) is 12.5 Å². The molecule has 0 fully saturated rings. The SMILES string of the molecule is CCC(C)C(NC(=O)COc1ccc2c(C)c(C)c(=O)oc2c1C)C(=O)O. The summed E-state index contributed by atoms with van der Waals surface area (Å²) in [5.74, 6) is -1.40.